The molecule has 172 valence electrons. The molecular weight excluding hydrogens is 458 g/mol. The van der Waals surface area contributed by atoms with Gasteiger partial charge in [-0.2, -0.15) is 5.26 Å². The van der Waals surface area contributed by atoms with Gasteiger partial charge >= 0.3 is 0 Å². The maximum Gasteiger partial charge on any atom is 0.269 e. The van der Waals surface area contributed by atoms with Crippen LogP contribution in [0, 0.1) is 28.4 Å². The number of rotatable bonds is 8. The van der Waals surface area contributed by atoms with E-state index in [1.165, 1.54) is 25.3 Å². The molecule has 0 heterocycles. The summed E-state index contributed by atoms with van der Waals surface area (Å²) in [5.41, 5.74) is 2.37. The number of non-ortho nitro benzene ring substituents is 1. The molecule has 0 aliphatic carbocycles. The minimum atomic E-state index is -0.571. The second-order valence-electron chi connectivity index (χ2n) is 7.21. The van der Waals surface area contributed by atoms with Crippen LogP contribution in [-0.4, -0.2) is 17.9 Å². The van der Waals surface area contributed by atoms with E-state index in [1.54, 1.807) is 48.5 Å². The maximum atomic E-state index is 12.6. The highest BCUT2D eigenvalue weighted by Gasteiger charge is 2.13. The van der Waals surface area contributed by atoms with Gasteiger partial charge < -0.3 is 14.8 Å². The molecule has 0 bridgehead atoms. The van der Waals surface area contributed by atoms with E-state index in [0.29, 0.717) is 33.3 Å². The molecular formula is C25H20ClN3O5. The SMILES string of the molecule is COc1cc(/C=C(\C#N)C(=O)Nc2cc(Cl)ccc2C)ccc1OCc1cccc([N+](=O)[O-])c1. The van der Waals surface area contributed by atoms with E-state index >= 15 is 0 Å². The first-order valence-electron chi connectivity index (χ1n) is 10.0. The fraction of sp³-hybridized carbons (Fsp3) is 0.120. The number of halogens is 1. The van der Waals surface area contributed by atoms with Crippen molar-refractivity contribution in [3.63, 3.8) is 0 Å². The standard InChI is InChI=1S/C25H20ClN3O5/c1-16-6-8-20(26)13-22(16)28-25(30)19(14-27)10-17-7-9-23(24(12-17)33-2)34-15-18-4-3-5-21(11-18)29(31)32/h3-13H,15H2,1-2H3,(H,28,30)/b19-10+. The molecule has 1 amide bonds. The molecule has 0 atom stereocenters. The van der Waals surface area contributed by atoms with Crippen molar-refractivity contribution in [2.24, 2.45) is 0 Å². The number of hydrogen-bond donors (Lipinski definition) is 1. The van der Waals surface area contributed by atoms with Crippen molar-refractivity contribution >= 4 is 35.0 Å². The van der Waals surface area contributed by atoms with Crippen LogP contribution in [0.2, 0.25) is 5.02 Å². The first-order valence-corrected chi connectivity index (χ1v) is 10.4. The third kappa shape index (κ3) is 6.12. The topological polar surface area (TPSA) is 114 Å². The molecule has 0 aliphatic heterocycles. The molecule has 1 N–H and O–H groups in total. The Balaban J connectivity index is 1.77. The number of anilines is 1. The van der Waals surface area contributed by atoms with Crippen molar-refractivity contribution in [1.82, 2.24) is 0 Å². The van der Waals surface area contributed by atoms with E-state index in [0.717, 1.165) is 5.56 Å². The zero-order valence-electron chi connectivity index (χ0n) is 18.4. The van der Waals surface area contributed by atoms with E-state index < -0.39 is 10.8 Å². The molecule has 0 aliphatic rings. The number of methoxy groups -OCH3 is 1. The van der Waals surface area contributed by atoms with Gasteiger partial charge in [-0.1, -0.05) is 35.9 Å². The fourth-order valence-electron chi connectivity index (χ4n) is 3.05. The van der Waals surface area contributed by atoms with Crippen molar-refractivity contribution in [3.8, 4) is 17.6 Å². The van der Waals surface area contributed by atoms with Gasteiger partial charge in [0.25, 0.3) is 11.6 Å². The summed E-state index contributed by atoms with van der Waals surface area (Å²) < 4.78 is 11.1. The lowest BCUT2D eigenvalue weighted by Gasteiger charge is -2.12. The Kier molecular flexibility index (Phi) is 7.85. The first kappa shape index (κ1) is 24.3. The van der Waals surface area contributed by atoms with Gasteiger partial charge in [-0.3, -0.25) is 14.9 Å². The van der Waals surface area contributed by atoms with Crippen LogP contribution in [0.4, 0.5) is 11.4 Å². The van der Waals surface area contributed by atoms with E-state index in [4.69, 9.17) is 21.1 Å². The molecule has 0 unspecified atom stereocenters. The maximum absolute atomic E-state index is 12.6. The van der Waals surface area contributed by atoms with Crippen LogP contribution in [0.3, 0.4) is 0 Å². The molecule has 0 aromatic heterocycles. The van der Waals surface area contributed by atoms with Crippen LogP contribution in [0.25, 0.3) is 6.08 Å². The number of nitro groups is 1. The van der Waals surface area contributed by atoms with Gasteiger partial charge in [0.2, 0.25) is 0 Å². The Labute approximate surface area is 201 Å². The Hall–Kier alpha value is -4.35. The van der Waals surface area contributed by atoms with Crippen LogP contribution in [-0.2, 0) is 11.4 Å². The smallest absolute Gasteiger partial charge is 0.269 e. The highest BCUT2D eigenvalue weighted by atomic mass is 35.5. The number of nitriles is 1. The number of benzene rings is 3. The summed E-state index contributed by atoms with van der Waals surface area (Å²) in [6.45, 7) is 1.91. The van der Waals surface area contributed by atoms with Crippen molar-refractivity contribution in [3.05, 3.63) is 98.1 Å². The first-order chi connectivity index (χ1) is 16.3. The molecule has 0 radical (unpaired) electrons. The van der Waals surface area contributed by atoms with E-state index in [1.807, 2.05) is 13.0 Å². The van der Waals surface area contributed by atoms with Crippen LogP contribution < -0.4 is 14.8 Å². The number of hydrogen-bond acceptors (Lipinski definition) is 6. The Morgan fingerprint density at radius 1 is 1.18 bits per heavy atom. The minimum absolute atomic E-state index is 0.0242. The zero-order chi connectivity index (χ0) is 24.7. The zero-order valence-corrected chi connectivity index (χ0v) is 19.1. The summed E-state index contributed by atoms with van der Waals surface area (Å²) in [5.74, 6) is 0.212. The predicted molar refractivity (Wildman–Crippen MR) is 129 cm³/mol. The number of nitrogens with zero attached hydrogens (tertiary/aromatic N) is 2. The number of aryl methyl sites for hydroxylation is 1. The van der Waals surface area contributed by atoms with Gasteiger partial charge in [-0.05, 0) is 54.0 Å². The summed E-state index contributed by atoms with van der Waals surface area (Å²) in [6.07, 6.45) is 1.43. The molecule has 34 heavy (non-hydrogen) atoms. The normalized spacial score (nSPS) is 10.8. The predicted octanol–water partition coefficient (Wildman–Crippen LogP) is 5.69. The Morgan fingerprint density at radius 3 is 2.68 bits per heavy atom. The van der Waals surface area contributed by atoms with Gasteiger partial charge in [0, 0.05) is 22.8 Å². The summed E-state index contributed by atoms with van der Waals surface area (Å²) in [4.78, 5) is 23.1. The van der Waals surface area contributed by atoms with E-state index in [2.05, 4.69) is 5.32 Å². The lowest BCUT2D eigenvalue weighted by molar-refractivity contribution is -0.384. The largest absolute Gasteiger partial charge is 0.493 e. The van der Waals surface area contributed by atoms with Gasteiger partial charge in [-0.25, -0.2) is 0 Å². The Bertz CT molecular complexity index is 1310. The van der Waals surface area contributed by atoms with Gasteiger partial charge in [-0.15, -0.1) is 0 Å². The summed E-state index contributed by atoms with van der Waals surface area (Å²) in [7, 11) is 1.46. The third-order valence-corrected chi connectivity index (χ3v) is 5.06. The van der Waals surface area contributed by atoms with Gasteiger partial charge in [0.15, 0.2) is 11.5 Å². The molecule has 8 nitrogen and oxygen atoms in total. The van der Waals surface area contributed by atoms with Crippen molar-refractivity contribution in [2.45, 2.75) is 13.5 Å². The molecule has 0 fully saturated rings. The Morgan fingerprint density at radius 2 is 1.97 bits per heavy atom. The fourth-order valence-corrected chi connectivity index (χ4v) is 3.22. The molecule has 3 rings (SSSR count). The molecule has 3 aromatic carbocycles. The van der Waals surface area contributed by atoms with Crippen molar-refractivity contribution in [2.75, 3.05) is 12.4 Å². The molecule has 0 spiro atoms. The van der Waals surface area contributed by atoms with Crippen LogP contribution >= 0.6 is 11.6 Å². The second kappa shape index (κ2) is 11.0. The number of amides is 1. The highest BCUT2D eigenvalue weighted by molar-refractivity contribution is 6.31. The van der Waals surface area contributed by atoms with E-state index in [-0.39, 0.29) is 17.9 Å². The van der Waals surface area contributed by atoms with Crippen LogP contribution in [0.15, 0.2) is 66.2 Å². The lowest BCUT2D eigenvalue weighted by atomic mass is 10.1. The number of nitrogens with one attached hydrogen (secondary N) is 1. The average Bonchev–Trinajstić information content (AvgIpc) is 2.83. The minimum Gasteiger partial charge on any atom is -0.493 e. The third-order valence-electron chi connectivity index (χ3n) is 4.83. The quantitative estimate of drug-likeness (QED) is 0.193. The second-order valence-corrected chi connectivity index (χ2v) is 7.65. The number of carbonyl (C=O) groups excluding carboxylic acids is 1. The summed E-state index contributed by atoms with van der Waals surface area (Å²) in [5, 5.41) is 23.6. The number of carbonyl (C=O) groups is 1. The molecule has 0 saturated heterocycles. The summed E-state index contributed by atoms with van der Waals surface area (Å²) in [6, 6.07) is 18.1. The summed E-state index contributed by atoms with van der Waals surface area (Å²) >= 11 is 5.99. The molecule has 9 heteroatoms. The van der Waals surface area contributed by atoms with Crippen molar-refractivity contribution < 1.29 is 19.2 Å². The van der Waals surface area contributed by atoms with Crippen molar-refractivity contribution in [1.29, 1.82) is 5.26 Å². The van der Waals surface area contributed by atoms with E-state index in [9.17, 15) is 20.2 Å². The van der Waals surface area contributed by atoms with Crippen LogP contribution in [0.5, 0.6) is 11.5 Å². The van der Waals surface area contributed by atoms with Crippen LogP contribution in [0.1, 0.15) is 16.7 Å². The monoisotopic (exact) mass is 477 g/mol. The highest BCUT2D eigenvalue weighted by Crippen LogP contribution is 2.30. The molecule has 3 aromatic rings. The van der Waals surface area contributed by atoms with Gasteiger partial charge in [0.05, 0.1) is 12.0 Å². The lowest BCUT2D eigenvalue weighted by Crippen LogP contribution is -2.14. The average molecular weight is 478 g/mol. The number of nitro benzene ring substituents is 1. The number of ether oxygens (including phenoxy) is 2. The molecule has 0 saturated carbocycles. The van der Waals surface area contributed by atoms with Gasteiger partial charge in [0.1, 0.15) is 18.2 Å².